The fourth-order valence-corrected chi connectivity index (χ4v) is 4.30. The van der Waals surface area contributed by atoms with Crippen molar-refractivity contribution >= 4 is 21.4 Å². The molecule has 1 aliphatic heterocycles. The molecule has 0 amide bonds. The zero-order chi connectivity index (χ0) is 11.8. The number of halogens is 2. The quantitative estimate of drug-likeness (QED) is 0.768. The van der Waals surface area contributed by atoms with Gasteiger partial charge < -0.3 is 0 Å². The monoisotopic (exact) mass is 262 g/mol. The molecule has 2 atom stereocenters. The molecule has 0 saturated carbocycles. The summed E-state index contributed by atoms with van der Waals surface area (Å²) in [6.07, 6.45) is 0.563. The van der Waals surface area contributed by atoms with Gasteiger partial charge in [-0.05, 0) is 30.0 Å². The van der Waals surface area contributed by atoms with Crippen molar-refractivity contribution in [2.45, 2.75) is 11.8 Å². The minimum atomic E-state index is -2.94. The number of sulfone groups is 1. The van der Waals surface area contributed by atoms with Gasteiger partial charge >= 0.3 is 0 Å². The van der Waals surface area contributed by atoms with E-state index < -0.39 is 15.2 Å². The summed E-state index contributed by atoms with van der Waals surface area (Å²) in [5.41, 5.74) is 0.656. The maximum Gasteiger partial charge on any atom is 0.150 e. The summed E-state index contributed by atoms with van der Waals surface area (Å²) in [6.45, 7) is 0. The molecule has 1 aromatic rings. The first kappa shape index (κ1) is 11.9. The molecule has 1 fully saturated rings. The molecule has 0 radical (unpaired) electrons. The molecule has 0 aromatic heterocycles. The van der Waals surface area contributed by atoms with Gasteiger partial charge in [0, 0.05) is 0 Å². The van der Waals surface area contributed by atoms with Crippen molar-refractivity contribution in [3.8, 4) is 0 Å². The van der Waals surface area contributed by atoms with Crippen molar-refractivity contribution in [2.75, 3.05) is 11.5 Å². The highest BCUT2D eigenvalue weighted by molar-refractivity contribution is 7.91. The molecule has 2 unspecified atom stereocenters. The minimum absolute atomic E-state index is 0.103. The topological polar surface area (TPSA) is 34.1 Å². The number of benzene rings is 1. The van der Waals surface area contributed by atoms with Crippen LogP contribution in [0.15, 0.2) is 24.3 Å². The average molecular weight is 263 g/mol. The third-order valence-electron chi connectivity index (χ3n) is 2.85. The van der Waals surface area contributed by atoms with Crippen molar-refractivity contribution in [2.24, 2.45) is 5.92 Å². The van der Waals surface area contributed by atoms with Crippen molar-refractivity contribution in [3.63, 3.8) is 0 Å². The van der Waals surface area contributed by atoms with Crippen LogP contribution in [0.4, 0.5) is 4.39 Å². The van der Waals surface area contributed by atoms with Gasteiger partial charge in [0.25, 0.3) is 0 Å². The average Bonchev–Trinajstić information content (AvgIpc) is 2.58. The molecular weight excluding hydrogens is 251 g/mol. The fraction of sp³-hybridized carbons (Fsp3) is 0.455. The molecule has 0 aliphatic carbocycles. The highest BCUT2D eigenvalue weighted by Gasteiger charge is 2.33. The SMILES string of the molecule is O=S1(=O)CCC(C(Cl)c2cccc(F)c2)C1. The van der Waals surface area contributed by atoms with Gasteiger partial charge in [-0.1, -0.05) is 12.1 Å². The van der Waals surface area contributed by atoms with Crippen LogP contribution in [-0.4, -0.2) is 19.9 Å². The summed E-state index contributed by atoms with van der Waals surface area (Å²) < 4.78 is 35.6. The molecular formula is C11H12ClFO2S. The first-order valence-electron chi connectivity index (χ1n) is 5.08. The number of rotatable bonds is 2. The van der Waals surface area contributed by atoms with Crippen LogP contribution >= 0.6 is 11.6 Å². The minimum Gasteiger partial charge on any atom is -0.229 e. The highest BCUT2D eigenvalue weighted by atomic mass is 35.5. The lowest BCUT2D eigenvalue weighted by atomic mass is 9.98. The van der Waals surface area contributed by atoms with Crippen molar-refractivity contribution in [3.05, 3.63) is 35.6 Å². The van der Waals surface area contributed by atoms with E-state index >= 15 is 0 Å². The van der Waals surface area contributed by atoms with Gasteiger partial charge in [0.05, 0.1) is 16.9 Å². The van der Waals surface area contributed by atoms with Crippen LogP contribution in [0.1, 0.15) is 17.4 Å². The van der Waals surface area contributed by atoms with Crippen LogP contribution in [0.2, 0.25) is 0 Å². The molecule has 1 heterocycles. The maximum atomic E-state index is 13.0. The third-order valence-corrected chi connectivity index (χ3v) is 5.25. The van der Waals surface area contributed by atoms with Crippen LogP contribution in [-0.2, 0) is 9.84 Å². The lowest BCUT2D eigenvalue weighted by Crippen LogP contribution is -2.10. The molecule has 1 saturated heterocycles. The molecule has 1 aromatic carbocycles. The molecule has 2 rings (SSSR count). The Morgan fingerprint density at radius 1 is 1.44 bits per heavy atom. The Morgan fingerprint density at radius 3 is 2.75 bits per heavy atom. The van der Waals surface area contributed by atoms with E-state index in [1.807, 2.05) is 0 Å². The van der Waals surface area contributed by atoms with Crippen molar-refractivity contribution in [1.29, 1.82) is 0 Å². The first-order chi connectivity index (χ1) is 7.48. The van der Waals surface area contributed by atoms with Crippen LogP contribution in [0, 0.1) is 11.7 Å². The summed E-state index contributed by atoms with van der Waals surface area (Å²) in [5, 5.41) is -0.423. The third kappa shape index (κ3) is 2.55. The van der Waals surface area contributed by atoms with E-state index in [1.54, 1.807) is 12.1 Å². The second-order valence-corrected chi connectivity index (χ2v) is 6.82. The van der Waals surface area contributed by atoms with Gasteiger partial charge in [-0.25, -0.2) is 12.8 Å². The standard InChI is InChI=1S/C11H12ClFO2S/c12-11(8-2-1-3-10(13)6-8)9-4-5-16(14,15)7-9/h1-3,6,9,11H,4-5,7H2. The second-order valence-electron chi connectivity index (χ2n) is 4.12. The summed E-state index contributed by atoms with van der Waals surface area (Å²) in [4.78, 5) is 0. The lowest BCUT2D eigenvalue weighted by molar-refractivity contribution is 0.563. The molecule has 0 spiro atoms. The van der Waals surface area contributed by atoms with Gasteiger partial charge in [-0.2, -0.15) is 0 Å². The zero-order valence-corrected chi connectivity index (χ0v) is 10.1. The Kier molecular flexibility index (Phi) is 3.22. The Labute approximate surface area is 99.3 Å². The summed E-state index contributed by atoms with van der Waals surface area (Å²) in [5.74, 6) is -0.147. The summed E-state index contributed by atoms with van der Waals surface area (Å²) in [7, 11) is -2.94. The number of hydrogen-bond donors (Lipinski definition) is 0. The summed E-state index contributed by atoms with van der Waals surface area (Å²) >= 11 is 6.18. The normalized spacial score (nSPS) is 25.5. The Balaban J connectivity index is 2.17. The van der Waals surface area contributed by atoms with E-state index in [9.17, 15) is 12.8 Å². The van der Waals surface area contributed by atoms with E-state index in [1.165, 1.54) is 12.1 Å². The molecule has 16 heavy (non-hydrogen) atoms. The Hall–Kier alpha value is -0.610. The van der Waals surface area contributed by atoms with Crippen molar-refractivity contribution in [1.82, 2.24) is 0 Å². The summed E-state index contributed by atoms with van der Waals surface area (Å²) in [6, 6.07) is 6.02. The van der Waals surface area contributed by atoms with E-state index in [0.29, 0.717) is 12.0 Å². The first-order valence-corrected chi connectivity index (χ1v) is 7.34. The van der Waals surface area contributed by atoms with Gasteiger partial charge in [0.15, 0.2) is 9.84 Å². The van der Waals surface area contributed by atoms with Crippen LogP contribution in [0.3, 0.4) is 0 Å². The van der Waals surface area contributed by atoms with Crippen LogP contribution in [0.25, 0.3) is 0 Å². The second kappa shape index (κ2) is 4.34. The smallest absolute Gasteiger partial charge is 0.150 e. The van der Waals surface area contributed by atoms with E-state index in [-0.39, 0.29) is 23.2 Å². The van der Waals surface area contributed by atoms with Crippen LogP contribution in [0.5, 0.6) is 0 Å². The van der Waals surface area contributed by atoms with Gasteiger partial charge in [-0.15, -0.1) is 11.6 Å². The van der Waals surface area contributed by atoms with Crippen LogP contribution < -0.4 is 0 Å². The zero-order valence-electron chi connectivity index (χ0n) is 8.57. The Bertz CT molecular complexity index is 487. The predicted octanol–water partition coefficient (Wildman–Crippen LogP) is 2.54. The van der Waals surface area contributed by atoms with Crippen molar-refractivity contribution < 1.29 is 12.8 Å². The Morgan fingerprint density at radius 2 is 2.19 bits per heavy atom. The fourth-order valence-electron chi connectivity index (χ4n) is 2.00. The largest absolute Gasteiger partial charge is 0.229 e. The maximum absolute atomic E-state index is 13.0. The molecule has 5 heteroatoms. The van der Waals surface area contributed by atoms with Gasteiger partial charge in [0.1, 0.15) is 5.82 Å². The lowest BCUT2D eigenvalue weighted by Gasteiger charge is -2.15. The molecule has 2 nitrogen and oxygen atoms in total. The van der Waals surface area contributed by atoms with Gasteiger partial charge in [-0.3, -0.25) is 0 Å². The van der Waals surface area contributed by atoms with E-state index in [0.717, 1.165) is 0 Å². The number of alkyl halides is 1. The molecule has 0 N–H and O–H groups in total. The number of hydrogen-bond acceptors (Lipinski definition) is 2. The highest BCUT2D eigenvalue weighted by Crippen LogP contribution is 2.36. The molecule has 88 valence electrons. The van der Waals surface area contributed by atoms with Gasteiger partial charge in [0.2, 0.25) is 0 Å². The van der Waals surface area contributed by atoms with E-state index in [4.69, 9.17) is 11.6 Å². The van der Waals surface area contributed by atoms with E-state index in [2.05, 4.69) is 0 Å². The molecule has 1 aliphatic rings. The predicted molar refractivity (Wildman–Crippen MR) is 61.8 cm³/mol. The molecule has 0 bridgehead atoms.